The number of nitrogens with zero attached hydrogens (tertiary/aromatic N) is 2. The van der Waals surface area contributed by atoms with Crippen LogP contribution < -0.4 is 5.32 Å². The van der Waals surface area contributed by atoms with Crippen LogP contribution in [-0.2, 0) is 4.74 Å². The van der Waals surface area contributed by atoms with Gasteiger partial charge in [0.15, 0.2) is 0 Å². The zero-order valence-corrected chi connectivity index (χ0v) is 20.9. The third-order valence-electron chi connectivity index (χ3n) is 6.71. The molecular weight excluding hydrogens is 492 g/mol. The van der Waals surface area contributed by atoms with Gasteiger partial charge in [-0.3, -0.25) is 9.59 Å². The van der Waals surface area contributed by atoms with Crippen LogP contribution in [0.25, 0.3) is 10.9 Å². The molecule has 2 aromatic carbocycles. The van der Waals surface area contributed by atoms with Crippen LogP contribution in [0.2, 0.25) is 5.02 Å². The summed E-state index contributed by atoms with van der Waals surface area (Å²) in [5.41, 5.74) is 3.77. The van der Waals surface area contributed by atoms with E-state index in [9.17, 15) is 14.4 Å². The zero-order valence-electron chi connectivity index (χ0n) is 20.2. The van der Waals surface area contributed by atoms with Crippen molar-refractivity contribution in [3.05, 3.63) is 94.4 Å². The first-order valence-electron chi connectivity index (χ1n) is 11.9. The summed E-state index contributed by atoms with van der Waals surface area (Å²) in [6, 6.07) is 16.3. The number of rotatable bonds is 5. The first-order chi connectivity index (χ1) is 17.9. The Bertz CT molecular complexity index is 1460. The number of halogens is 1. The molecule has 3 heterocycles. The van der Waals surface area contributed by atoms with Crippen molar-refractivity contribution in [3.8, 4) is 0 Å². The maximum atomic E-state index is 12.9. The quantitative estimate of drug-likeness (QED) is 0.351. The van der Waals surface area contributed by atoms with Crippen molar-refractivity contribution >= 4 is 46.0 Å². The van der Waals surface area contributed by atoms with Crippen molar-refractivity contribution in [2.24, 2.45) is 0 Å². The highest BCUT2D eigenvalue weighted by molar-refractivity contribution is 6.35. The lowest BCUT2D eigenvalue weighted by Crippen LogP contribution is -2.38. The second-order valence-electron chi connectivity index (χ2n) is 8.96. The summed E-state index contributed by atoms with van der Waals surface area (Å²) < 4.78 is 4.65. The average molecular weight is 517 g/mol. The summed E-state index contributed by atoms with van der Waals surface area (Å²) in [7, 11) is 1.29. The second kappa shape index (κ2) is 10.4. The predicted molar refractivity (Wildman–Crippen MR) is 141 cm³/mol. The molecule has 0 aliphatic carbocycles. The van der Waals surface area contributed by atoms with E-state index < -0.39 is 5.97 Å². The molecule has 8 nitrogen and oxygen atoms in total. The molecule has 2 amide bonds. The van der Waals surface area contributed by atoms with E-state index in [1.165, 1.54) is 24.9 Å². The lowest BCUT2D eigenvalue weighted by Gasteiger charge is -2.32. The van der Waals surface area contributed by atoms with E-state index in [0.29, 0.717) is 40.8 Å². The lowest BCUT2D eigenvalue weighted by atomic mass is 9.89. The highest BCUT2D eigenvalue weighted by atomic mass is 35.5. The topological polar surface area (TPSA) is 104 Å². The van der Waals surface area contributed by atoms with E-state index >= 15 is 0 Å². The smallest absolute Gasteiger partial charge is 0.356 e. The number of pyridine rings is 1. The third kappa shape index (κ3) is 5.20. The molecule has 0 spiro atoms. The van der Waals surface area contributed by atoms with Crippen molar-refractivity contribution in [1.82, 2.24) is 14.9 Å². The minimum Gasteiger partial charge on any atom is -0.464 e. The molecule has 0 unspecified atom stereocenters. The van der Waals surface area contributed by atoms with E-state index in [1.54, 1.807) is 18.2 Å². The Morgan fingerprint density at radius 3 is 2.49 bits per heavy atom. The van der Waals surface area contributed by atoms with Crippen LogP contribution in [0.1, 0.15) is 55.5 Å². The van der Waals surface area contributed by atoms with Gasteiger partial charge in [-0.25, -0.2) is 9.78 Å². The lowest BCUT2D eigenvalue weighted by molar-refractivity contribution is 0.0592. The SMILES string of the molecule is COC(=O)c1ccc(C(=O)N2CCC(c3ccc(NC(=O)c4cc5cc[nH]c5cc4Cl)cc3)CC2)cn1. The molecular formula is C28H25ClN4O4. The number of methoxy groups -OCH3 is 1. The number of nitrogens with one attached hydrogen (secondary N) is 2. The standard InChI is InChI=1S/C28H25ClN4O4/c1-37-28(36)24-7-4-20(16-31-24)27(35)33-12-9-18(10-13-33)17-2-5-21(6-3-17)32-26(34)22-14-19-8-11-30-25(19)15-23(22)29/h2-8,11,14-16,18,30H,9-10,12-13H2,1H3,(H,32,34). The van der Waals surface area contributed by atoms with Crippen LogP contribution in [0, 0.1) is 0 Å². The Labute approximate surface area is 218 Å². The zero-order chi connectivity index (χ0) is 25.9. The van der Waals surface area contributed by atoms with Gasteiger partial charge in [0.1, 0.15) is 5.69 Å². The Hall–Kier alpha value is -4.17. The summed E-state index contributed by atoms with van der Waals surface area (Å²) in [5.74, 6) is -0.579. The average Bonchev–Trinajstić information content (AvgIpc) is 3.39. The summed E-state index contributed by atoms with van der Waals surface area (Å²) >= 11 is 6.32. The van der Waals surface area contributed by atoms with Crippen LogP contribution in [-0.4, -0.2) is 52.9 Å². The number of ether oxygens (including phenoxy) is 1. The van der Waals surface area contributed by atoms with Crippen molar-refractivity contribution < 1.29 is 19.1 Å². The van der Waals surface area contributed by atoms with Crippen LogP contribution >= 0.6 is 11.6 Å². The fraction of sp³-hybridized carbons (Fsp3) is 0.214. The number of carbonyl (C=O) groups excluding carboxylic acids is 3. The first-order valence-corrected chi connectivity index (χ1v) is 12.3. The molecule has 0 radical (unpaired) electrons. The molecule has 37 heavy (non-hydrogen) atoms. The van der Waals surface area contributed by atoms with Gasteiger partial charge in [0.25, 0.3) is 11.8 Å². The summed E-state index contributed by atoms with van der Waals surface area (Å²) in [5, 5.41) is 4.23. The summed E-state index contributed by atoms with van der Waals surface area (Å²) in [4.78, 5) is 46.1. The maximum absolute atomic E-state index is 12.9. The van der Waals surface area contributed by atoms with E-state index in [1.807, 2.05) is 41.4 Å². The fourth-order valence-electron chi connectivity index (χ4n) is 4.63. The number of likely N-dealkylation sites (tertiary alicyclic amines) is 1. The molecule has 2 N–H and O–H groups in total. The van der Waals surface area contributed by atoms with E-state index in [-0.39, 0.29) is 17.5 Å². The van der Waals surface area contributed by atoms with Gasteiger partial charge in [-0.15, -0.1) is 0 Å². The Kier molecular flexibility index (Phi) is 6.92. The van der Waals surface area contributed by atoms with Gasteiger partial charge < -0.3 is 19.9 Å². The monoisotopic (exact) mass is 516 g/mol. The number of amides is 2. The largest absolute Gasteiger partial charge is 0.464 e. The van der Waals surface area contributed by atoms with E-state index in [0.717, 1.165) is 23.7 Å². The molecule has 2 aromatic heterocycles. The number of carbonyl (C=O) groups is 3. The van der Waals surface area contributed by atoms with Crippen molar-refractivity contribution in [3.63, 3.8) is 0 Å². The van der Waals surface area contributed by atoms with Crippen LogP contribution in [0.4, 0.5) is 5.69 Å². The molecule has 5 rings (SSSR count). The number of hydrogen-bond acceptors (Lipinski definition) is 5. The van der Waals surface area contributed by atoms with Gasteiger partial charge in [0.05, 0.1) is 23.3 Å². The molecule has 188 valence electrons. The molecule has 0 bridgehead atoms. The number of H-pyrrole nitrogens is 1. The van der Waals surface area contributed by atoms with Gasteiger partial charge in [-0.1, -0.05) is 23.7 Å². The summed E-state index contributed by atoms with van der Waals surface area (Å²) in [6.45, 7) is 1.25. The van der Waals surface area contributed by atoms with Gasteiger partial charge in [0.2, 0.25) is 0 Å². The van der Waals surface area contributed by atoms with Crippen molar-refractivity contribution in [2.75, 3.05) is 25.5 Å². The van der Waals surface area contributed by atoms with E-state index in [2.05, 4.69) is 20.0 Å². The first kappa shape index (κ1) is 24.5. The Balaban J connectivity index is 1.17. The number of aromatic amines is 1. The molecule has 1 fully saturated rings. The van der Waals surface area contributed by atoms with Crippen LogP contribution in [0.5, 0.6) is 0 Å². The number of benzene rings is 2. The molecule has 4 aromatic rings. The van der Waals surface area contributed by atoms with Gasteiger partial charge in [-0.2, -0.15) is 0 Å². The molecule has 9 heteroatoms. The number of esters is 1. The van der Waals surface area contributed by atoms with Crippen molar-refractivity contribution in [1.29, 1.82) is 0 Å². The third-order valence-corrected chi connectivity index (χ3v) is 7.03. The Morgan fingerprint density at radius 2 is 1.81 bits per heavy atom. The highest BCUT2D eigenvalue weighted by Crippen LogP contribution is 2.30. The minimum absolute atomic E-state index is 0.100. The number of fused-ring (bicyclic) bond motifs is 1. The molecule has 1 aliphatic rings. The number of hydrogen-bond donors (Lipinski definition) is 2. The van der Waals surface area contributed by atoms with Gasteiger partial charge in [0, 0.05) is 42.1 Å². The number of anilines is 1. The number of aromatic nitrogens is 2. The predicted octanol–water partition coefficient (Wildman–Crippen LogP) is 5.28. The maximum Gasteiger partial charge on any atom is 0.356 e. The molecule has 1 saturated heterocycles. The Morgan fingerprint density at radius 1 is 1.05 bits per heavy atom. The highest BCUT2D eigenvalue weighted by Gasteiger charge is 2.25. The normalized spacial score (nSPS) is 13.9. The molecule has 0 saturated carbocycles. The van der Waals surface area contributed by atoms with Crippen LogP contribution in [0.3, 0.4) is 0 Å². The van der Waals surface area contributed by atoms with Crippen LogP contribution in [0.15, 0.2) is 67.0 Å². The second-order valence-corrected chi connectivity index (χ2v) is 9.37. The number of piperidine rings is 1. The van der Waals surface area contributed by atoms with E-state index in [4.69, 9.17) is 11.6 Å². The fourth-order valence-corrected chi connectivity index (χ4v) is 4.88. The molecule has 0 atom stereocenters. The van der Waals surface area contributed by atoms with Gasteiger partial charge in [-0.05, 0) is 66.8 Å². The van der Waals surface area contributed by atoms with Crippen molar-refractivity contribution in [2.45, 2.75) is 18.8 Å². The molecule has 1 aliphatic heterocycles. The van der Waals surface area contributed by atoms with Gasteiger partial charge >= 0.3 is 5.97 Å². The summed E-state index contributed by atoms with van der Waals surface area (Å²) in [6.07, 6.45) is 4.88. The minimum atomic E-state index is -0.535.